The van der Waals surface area contributed by atoms with Crippen LogP contribution in [0.2, 0.25) is 0 Å². The SMILES string of the molecule is O=C(O)C[C@@H]1CCCC[C@@H]1NC(=O)C1(NC(=O)OCC2c3ccccc3-c3ccccc32)CC1. The van der Waals surface area contributed by atoms with Crippen LogP contribution in [0, 0.1) is 5.92 Å². The van der Waals surface area contributed by atoms with Crippen molar-refractivity contribution in [1.29, 1.82) is 0 Å². The average Bonchev–Trinajstić information content (AvgIpc) is 3.54. The highest BCUT2D eigenvalue weighted by Gasteiger charge is 2.52. The molecule has 0 bridgehead atoms. The second-order valence-electron chi connectivity index (χ2n) is 9.76. The lowest BCUT2D eigenvalue weighted by atomic mass is 9.82. The Kier molecular flexibility index (Phi) is 6.02. The second-order valence-corrected chi connectivity index (χ2v) is 9.76. The van der Waals surface area contributed by atoms with Gasteiger partial charge in [-0.15, -0.1) is 0 Å². The summed E-state index contributed by atoms with van der Waals surface area (Å²) in [4.78, 5) is 36.9. The number of alkyl carbamates (subject to hydrolysis) is 1. The van der Waals surface area contributed by atoms with Crippen LogP contribution in [-0.4, -0.2) is 41.3 Å². The molecule has 3 aliphatic carbocycles. The third-order valence-corrected chi connectivity index (χ3v) is 7.53. The molecule has 2 fully saturated rings. The normalized spacial score (nSPS) is 22.2. The van der Waals surface area contributed by atoms with Gasteiger partial charge in [-0.25, -0.2) is 4.79 Å². The van der Waals surface area contributed by atoms with Crippen LogP contribution in [-0.2, 0) is 14.3 Å². The van der Waals surface area contributed by atoms with Gasteiger partial charge >= 0.3 is 12.1 Å². The molecule has 2 amide bonds. The Bertz CT molecular complexity index is 1060. The van der Waals surface area contributed by atoms with E-state index in [0.29, 0.717) is 12.8 Å². The fourth-order valence-electron chi connectivity index (χ4n) is 5.54. The Balaban J connectivity index is 1.20. The number of hydrogen-bond acceptors (Lipinski definition) is 4. The molecule has 2 saturated carbocycles. The number of aliphatic carboxylic acids is 1. The predicted molar refractivity (Wildman–Crippen MR) is 126 cm³/mol. The molecule has 34 heavy (non-hydrogen) atoms. The number of rotatable bonds is 7. The van der Waals surface area contributed by atoms with Crippen molar-refractivity contribution in [3.05, 3.63) is 59.7 Å². The molecule has 5 rings (SSSR count). The predicted octanol–water partition coefficient (Wildman–Crippen LogP) is 4.21. The van der Waals surface area contributed by atoms with E-state index in [1.54, 1.807) is 0 Å². The fourth-order valence-corrected chi connectivity index (χ4v) is 5.54. The van der Waals surface area contributed by atoms with Crippen molar-refractivity contribution in [3.63, 3.8) is 0 Å². The smallest absolute Gasteiger partial charge is 0.408 e. The third kappa shape index (κ3) is 4.39. The molecule has 0 saturated heterocycles. The number of carbonyl (C=O) groups excluding carboxylic acids is 2. The van der Waals surface area contributed by atoms with Gasteiger partial charge in [0, 0.05) is 12.0 Å². The first-order valence-corrected chi connectivity index (χ1v) is 12.1. The van der Waals surface area contributed by atoms with Crippen molar-refractivity contribution in [2.45, 2.75) is 62.4 Å². The number of amides is 2. The first-order chi connectivity index (χ1) is 16.5. The number of fused-ring (bicyclic) bond motifs is 3. The Morgan fingerprint density at radius 2 is 1.56 bits per heavy atom. The third-order valence-electron chi connectivity index (χ3n) is 7.53. The monoisotopic (exact) mass is 462 g/mol. The highest BCUT2D eigenvalue weighted by atomic mass is 16.5. The van der Waals surface area contributed by atoms with Gasteiger partial charge in [0.1, 0.15) is 12.1 Å². The van der Waals surface area contributed by atoms with E-state index in [9.17, 15) is 19.5 Å². The molecule has 3 aliphatic rings. The van der Waals surface area contributed by atoms with Crippen molar-refractivity contribution in [1.82, 2.24) is 10.6 Å². The number of hydrogen-bond donors (Lipinski definition) is 3. The van der Waals surface area contributed by atoms with E-state index in [4.69, 9.17) is 4.74 Å². The highest BCUT2D eigenvalue weighted by Crippen LogP contribution is 2.44. The van der Waals surface area contributed by atoms with Crippen LogP contribution in [0.4, 0.5) is 4.79 Å². The Labute approximate surface area is 198 Å². The summed E-state index contributed by atoms with van der Waals surface area (Å²) >= 11 is 0. The van der Waals surface area contributed by atoms with Gasteiger partial charge in [-0.3, -0.25) is 9.59 Å². The molecule has 0 aliphatic heterocycles. The molecular weight excluding hydrogens is 432 g/mol. The summed E-state index contributed by atoms with van der Waals surface area (Å²) in [6.45, 7) is 0.195. The van der Waals surface area contributed by atoms with Crippen LogP contribution >= 0.6 is 0 Å². The van der Waals surface area contributed by atoms with Crippen molar-refractivity contribution < 1.29 is 24.2 Å². The summed E-state index contributed by atoms with van der Waals surface area (Å²) in [6, 6.07) is 16.1. The van der Waals surface area contributed by atoms with Crippen molar-refractivity contribution >= 4 is 18.0 Å². The maximum atomic E-state index is 13.0. The molecule has 178 valence electrons. The summed E-state index contributed by atoms with van der Waals surface area (Å²) in [5.41, 5.74) is 3.64. The number of nitrogens with one attached hydrogen (secondary N) is 2. The molecule has 0 spiro atoms. The number of carboxylic acids is 1. The number of benzene rings is 2. The molecular formula is C27H30N2O5. The second kappa shape index (κ2) is 9.12. The number of carboxylic acid groups (broad SMARTS) is 1. The van der Waals surface area contributed by atoms with Gasteiger partial charge in [-0.05, 0) is 53.9 Å². The summed E-state index contributed by atoms with van der Waals surface area (Å²) in [6.07, 6.45) is 4.08. The van der Waals surface area contributed by atoms with Gasteiger partial charge in [0.2, 0.25) is 5.91 Å². The van der Waals surface area contributed by atoms with Gasteiger partial charge in [0.05, 0.1) is 6.42 Å². The average molecular weight is 463 g/mol. The molecule has 0 heterocycles. The van der Waals surface area contributed by atoms with E-state index in [-0.39, 0.29) is 36.8 Å². The van der Waals surface area contributed by atoms with E-state index in [1.807, 2.05) is 24.3 Å². The van der Waals surface area contributed by atoms with Gasteiger partial charge in [0.25, 0.3) is 0 Å². The summed E-state index contributed by atoms with van der Waals surface area (Å²) in [7, 11) is 0. The van der Waals surface area contributed by atoms with Gasteiger partial charge in [-0.1, -0.05) is 61.4 Å². The summed E-state index contributed by atoms with van der Waals surface area (Å²) < 4.78 is 5.62. The molecule has 3 N–H and O–H groups in total. The molecule has 2 aromatic carbocycles. The Morgan fingerprint density at radius 1 is 0.941 bits per heavy atom. The quantitative estimate of drug-likeness (QED) is 0.572. The molecule has 2 aromatic rings. The van der Waals surface area contributed by atoms with E-state index in [0.717, 1.165) is 47.9 Å². The van der Waals surface area contributed by atoms with Crippen LogP contribution in [0.1, 0.15) is 62.0 Å². The highest BCUT2D eigenvalue weighted by molar-refractivity contribution is 5.93. The number of ether oxygens (including phenoxy) is 1. The van der Waals surface area contributed by atoms with E-state index >= 15 is 0 Å². The Hall–Kier alpha value is -3.35. The van der Waals surface area contributed by atoms with Crippen LogP contribution in [0.15, 0.2) is 48.5 Å². The van der Waals surface area contributed by atoms with Crippen LogP contribution < -0.4 is 10.6 Å². The number of carbonyl (C=O) groups is 3. The summed E-state index contributed by atoms with van der Waals surface area (Å²) in [5.74, 6) is -1.19. The van der Waals surface area contributed by atoms with E-state index < -0.39 is 17.6 Å². The lowest BCUT2D eigenvalue weighted by molar-refractivity contribution is -0.139. The van der Waals surface area contributed by atoms with Crippen LogP contribution in [0.25, 0.3) is 11.1 Å². The van der Waals surface area contributed by atoms with Crippen molar-refractivity contribution in [2.24, 2.45) is 5.92 Å². The zero-order valence-corrected chi connectivity index (χ0v) is 19.1. The van der Waals surface area contributed by atoms with Crippen molar-refractivity contribution in [2.75, 3.05) is 6.61 Å². The standard InChI is InChI=1S/C27H30N2O5/c30-24(31)15-17-7-1-6-12-23(17)28-25(32)27(13-14-27)29-26(33)34-16-22-20-10-4-2-8-18(20)19-9-3-5-11-21(19)22/h2-5,8-11,17,22-23H,1,6-7,12-16H2,(H,28,32)(H,29,33)(H,30,31)/t17-,23-/m0/s1. The maximum Gasteiger partial charge on any atom is 0.408 e. The first-order valence-electron chi connectivity index (χ1n) is 12.1. The van der Waals surface area contributed by atoms with Crippen molar-refractivity contribution in [3.8, 4) is 11.1 Å². The lowest BCUT2D eigenvalue weighted by Gasteiger charge is -2.32. The molecule has 7 nitrogen and oxygen atoms in total. The van der Waals surface area contributed by atoms with Gasteiger partial charge < -0.3 is 20.5 Å². The lowest BCUT2D eigenvalue weighted by Crippen LogP contribution is -2.54. The summed E-state index contributed by atoms with van der Waals surface area (Å²) in [5, 5.41) is 15.0. The molecule has 2 atom stereocenters. The maximum absolute atomic E-state index is 13.0. The topological polar surface area (TPSA) is 105 Å². The minimum atomic E-state index is -0.951. The minimum absolute atomic E-state index is 0.0406. The first kappa shape index (κ1) is 22.4. The minimum Gasteiger partial charge on any atom is -0.481 e. The zero-order chi connectivity index (χ0) is 23.7. The fraction of sp³-hybridized carbons (Fsp3) is 0.444. The Morgan fingerprint density at radius 3 is 2.18 bits per heavy atom. The van der Waals surface area contributed by atoms with Gasteiger partial charge in [0.15, 0.2) is 0 Å². The van der Waals surface area contributed by atoms with E-state index in [1.165, 1.54) is 0 Å². The molecule has 0 unspecified atom stereocenters. The van der Waals surface area contributed by atoms with E-state index in [2.05, 4.69) is 34.9 Å². The van der Waals surface area contributed by atoms with Crippen LogP contribution in [0.5, 0.6) is 0 Å². The zero-order valence-electron chi connectivity index (χ0n) is 19.1. The molecule has 7 heteroatoms. The largest absolute Gasteiger partial charge is 0.481 e. The molecule has 0 aromatic heterocycles. The van der Waals surface area contributed by atoms with Gasteiger partial charge in [-0.2, -0.15) is 0 Å². The van der Waals surface area contributed by atoms with Crippen LogP contribution in [0.3, 0.4) is 0 Å². The molecule has 0 radical (unpaired) electrons.